The third-order valence-corrected chi connectivity index (χ3v) is 4.23. The maximum absolute atomic E-state index is 12.3. The molecule has 1 aliphatic rings. The second-order valence-electron chi connectivity index (χ2n) is 4.21. The molecule has 1 aromatic carbocycles. The van der Waals surface area contributed by atoms with Gasteiger partial charge in [0.25, 0.3) is 5.91 Å². The van der Waals surface area contributed by atoms with Gasteiger partial charge in [-0.1, -0.05) is 6.07 Å². The number of carbonyl (C=O) groups is 1. The van der Waals surface area contributed by atoms with Crippen molar-refractivity contribution in [1.29, 1.82) is 0 Å². The van der Waals surface area contributed by atoms with Crippen molar-refractivity contribution in [3.63, 3.8) is 0 Å². The third-order valence-electron chi connectivity index (χ3n) is 2.96. The molecule has 18 heavy (non-hydrogen) atoms. The highest BCUT2D eigenvalue weighted by atomic mass is 35.5. The molecule has 4 nitrogen and oxygen atoms in total. The largest absolute Gasteiger partial charge is 0.399 e. The summed E-state index contributed by atoms with van der Waals surface area (Å²) < 4.78 is 11.2. The van der Waals surface area contributed by atoms with Gasteiger partial charge in [-0.25, -0.2) is 0 Å². The molecule has 1 fully saturated rings. The number of nitrogen functional groups attached to an aromatic ring is 1. The summed E-state index contributed by atoms with van der Waals surface area (Å²) >= 11 is 0. The van der Waals surface area contributed by atoms with Gasteiger partial charge >= 0.3 is 0 Å². The van der Waals surface area contributed by atoms with Gasteiger partial charge in [-0.15, -0.1) is 12.4 Å². The number of hydrogen-bond acceptors (Lipinski definition) is 3. The zero-order valence-electron chi connectivity index (χ0n) is 10.2. The SMILES string of the molecule is Cc1ccc(N)cc1C(=O)N1CCS(=O)CC1.Cl. The summed E-state index contributed by atoms with van der Waals surface area (Å²) in [6.45, 7) is 3.04. The highest BCUT2D eigenvalue weighted by molar-refractivity contribution is 7.85. The summed E-state index contributed by atoms with van der Waals surface area (Å²) in [5.41, 5.74) is 7.87. The molecule has 0 aliphatic carbocycles. The van der Waals surface area contributed by atoms with Gasteiger partial charge in [0.15, 0.2) is 0 Å². The fraction of sp³-hybridized carbons (Fsp3) is 0.417. The quantitative estimate of drug-likeness (QED) is 0.790. The smallest absolute Gasteiger partial charge is 0.254 e. The number of rotatable bonds is 1. The van der Waals surface area contributed by atoms with Crippen LogP contribution in [0, 0.1) is 6.92 Å². The van der Waals surface area contributed by atoms with Crippen LogP contribution in [0.25, 0.3) is 0 Å². The summed E-state index contributed by atoms with van der Waals surface area (Å²) in [4.78, 5) is 14.0. The van der Waals surface area contributed by atoms with E-state index in [0.717, 1.165) is 5.56 Å². The van der Waals surface area contributed by atoms with Crippen LogP contribution >= 0.6 is 12.4 Å². The summed E-state index contributed by atoms with van der Waals surface area (Å²) in [5.74, 6) is 1.15. The first-order valence-electron chi connectivity index (χ1n) is 5.58. The molecular weight excluding hydrogens is 272 g/mol. The number of hydrogen-bond donors (Lipinski definition) is 1. The van der Waals surface area contributed by atoms with Crippen LogP contribution in [0.5, 0.6) is 0 Å². The van der Waals surface area contributed by atoms with Crippen LogP contribution < -0.4 is 5.73 Å². The normalized spacial score (nSPS) is 16.2. The van der Waals surface area contributed by atoms with Crippen molar-refractivity contribution in [1.82, 2.24) is 4.90 Å². The van der Waals surface area contributed by atoms with E-state index in [0.29, 0.717) is 35.8 Å². The topological polar surface area (TPSA) is 63.4 Å². The lowest BCUT2D eigenvalue weighted by Crippen LogP contribution is -2.42. The Morgan fingerprint density at radius 3 is 2.56 bits per heavy atom. The Morgan fingerprint density at radius 2 is 1.94 bits per heavy atom. The minimum Gasteiger partial charge on any atom is -0.399 e. The number of anilines is 1. The van der Waals surface area contributed by atoms with Crippen molar-refractivity contribution in [3.05, 3.63) is 29.3 Å². The molecule has 0 saturated carbocycles. The molecular formula is C12H17ClN2O2S. The van der Waals surface area contributed by atoms with Gasteiger partial charge < -0.3 is 10.6 Å². The zero-order chi connectivity index (χ0) is 12.4. The average molecular weight is 289 g/mol. The number of aryl methyl sites for hydroxylation is 1. The molecule has 100 valence electrons. The number of nitrogens with two attached hydrogens (primary N) is 1. The van der Waals surface area contributed by atoms with E-state index < -0.39 is 10.8 Å². The first kappa shape index (κ1) is 15.0. The fourth-order valence-electron chi connectivity index (χ4n) is 1.88. The number of carbonyl (C=O) groups excluding carboxylic acids is 1. The van der Waals surface area contributed by atoms with E-state index >= 15 is 0 Å². The Balaban J connectivity index is 0.00000162. The van der Waals surface area contributed by atoms with Crippen molar-refractivity contribution in [3.8, 4) is 0 Å². The van der Waals surface area contributed by atoms with E-state index in [-0.39, 0.29) is 18.3 Å². The molecule has 1 aromatic rings. The number of halogens is 1. The second-order valence-corrected chi connectivity index (χ2v) is 5.91. The Morgan fingerprint density at radius 1 is 1.33 bits per heavy atom. The Hall–Kier alpha value is -1.07. The number of benzene rings is 1. The zero-order valence-corrected chi connectivity index (χ0v) is 11.9. The predicted octanol–water partition coefficient (Wildman–Crippen LogP) is 1.20. The van der Waals surface area contributed by atoms with Crippen LogP contribution in [0.3, 0.4) is 0 Å². The van der Waals surface area contributed by atoms with Gasteiger partial charge in [-0.05, 0) is 24.6 Å². The van der Waals surface area contributed by atoms with E-state index in [1.807, 2.05) is 13.0 Å². The van der Waals surface area contributed by atoms with Gasteiger partial charge in [0.05, 0.1) is 0 Å². The molecule has 1 saturated heterocycles. The van der Waals surface area contributed by atoms with Crippen molar-refractivity contribution < 1.29 is 9.00 Å². The van der Waals surface area contributed by atoms with Crippen molar-refractivity contribution in [2.45, 2.75) is 6.92 Å². The Kier molecular flexibility index (Phi) is 5.16. The first-order valence-corrected chi connectivity index (χ1v) is 7.07. The van der Waals surface area contributed by atoms with E-state index in [2.05, 4.69) is 0 Å². The standard InChI is InChI=1S/C12H16N2O2S.ClH/c1-9-2-3-10(13)8-11(9)12(15)14-4-6-17(16)7-5-14;/h2-3,8H,4-7,13H2,1H3;1H. The van der Waals surface area contributed by atoms with Gasteiger partial charge in [0.2, 0.25) is 0 Å². The van der Waals surface area contributed by atoms with Gasteiger partial charge in [0, 0.05) is 46.6 Å². The summed E-state index contributed by atoms with van der Waals surface area (Å²) in [6.07, 6.45) is 0. The van der Waals surface area contributed by atoms with E-state index in [4.69, 9.17) is 5.73 Å². The number of nitrogens with zero attached hydrogens (tertiary/aromatic N) is 1. The lowest BCUT2D eigenvalue weighted by Gasteiger charge is -2.27. The van der Waals surface area contributed by atoms with Crippen LogP contribution in [0.1, 0.15) is 15.9 Å². The molecule has 0 bridgehead atoms. The highest BCUT2D eigenvalue weighted by Crippen LogP contribution is 2.16. The first-order chi connectivity index (χ1) is 8.08. The monoisotopic (exact) mass is 288 g/mol. The average Bonchev–Trinajstić information content (AvgIpc) is 2.32. The van der Waals surface area contributed by atoms with Crippen LogP contribution in [0.4, 0.5) is 5.69 Å². The van der Waals surface area contributed by atoms with Crippen LogP contribution in [0.15, 0.2) is 18.2 Å². The Bertz CT molecular complexity index is 469. The van der Waals surface area contributed by atoms with Crippen molar-refractivity contribution in [2.24, 2.45) is 0 Å². The highest BCUT2D eigenvalue weighted by Gasteiger charge is 2.22. The molecule has 0 atom stereocenters. The molecule has 2 rings (SSSR count). The predicted molar refractivity (Wildman–Crippen MR) is 76.6 cm³/mol. The molecule has 1 heterocycles. The van der Waals surface area contributed by atoms with Gasteiger partial charge in [-0.3, -0.25) is 9.00 Å². The van der Waals surface area contributed by atoms with E-state index in [9.17, 15) is 9.00 Å². The Labute approximate surface area is 115 Å². The molecule has 0 radical (unpaired) electrons. The molecule has 0 aromatic heterocycles. The summed E-state index contributed by atoms with van der Waals surface area (Å²) in [7, 11) is -0.762. The summed E-state index contributed by atoms with van der Waals surface area (Å²) in [5, 5.41) is 0. The van der Waals surface area contributed by atoms with Crippen LogP contribution in [0.2, 0.25) is 0 Å². The van der Waals surface area contributed by atoms with Gasteiger partial charge in [-0.2, -0.15) is 0 Å². The molecule has 6 heteroatoms. The fourth-order valence-corrected chi connectivity index (χ4v) is 2.93. The molecule has 1 aliphatic heterocycles. The van der Waals surface area contributed by atoms with Crippen LogP contribution in [-0.2, 0) is 10.8 Å². The third kappa shape index (κ3) is 3.23. The van der Waals surface area contributed by atoms with Crippen molar-refractivity contribution >= 4 is 34.8 Å². The van der Waals surface area contributed by atoms with E-state index in [1.54, 1.807) is 17.0 Å². The lowest BCUT2D eigenvalue weighted by atomic mass is 10.1. The minimum atomic E-state index is -0.762. The lowest BCUT2D eigenvalue weighted by molar-refractivity contribution is 0.0770. The molecule has 0 unspecified atom stereocenters. The molecule has 0 spiro atoms. The maximum atomic E-state index is 12.3. The minimum absolute atomic E-state index is 0. The second kappa shape index (κ2) is 6.20. The number of amides is 1. The van der Waals surface area contributed by atoms with Crippen LogP contribution in [-0.4, -0.2) is 39.6 Å². The maximum Gasteiger partial charge on any atom is 0.254 e. The molecule has 1 amide bonds. The van der Waals surface area contributed by atoms with E-state index in [1.165, 1.54) is 0 Å². The molecule has 2 N–H and O–H groups in total. The van der Waals surface area contributed by atoms with Crippen molar-refractivity contribution in [2.75, 3.05) is 30.3 Å². The summed E-state index contributed by atoms with van der Waals surface area (Å²) in [6, 6.07) is 5.35. The van der Waals surface area contributed by atoms with Gasteiger partial charge in [0.1, 0.15) is 0 Å².